The van der Waals surface area contributed by atoms with E-state index in [1.807, 2.05) is 0 Å². The SMILES string of the molecule is CC1CCN(CCCCNC(=O)N2CC=C(C(F)(F)F)CC2)CC1. The van der Waals surface area contributed by atoms with E-state index in [0.29, 0.717) is 6.54 Å². The number of amides is 2. The molecule has 0 aromatic carbocycles. The third-order valence-electron chi connectivity index (χ3n) is 4.91. The average molecular weight is 347 g/mol. The number of alkyl halides is 3. The summed E-state index contributed by atoms with van der Waals surface area (Å²) in [6, 6.07) is -0.265. The number of hydrogen-bond acceptors (Lipinski definition) is 2. The summed E-state index contributed by atoms with van der Waals surface area (Å²) < 4.78 is 37.6. The van der Waals surface area contributed by atoms with Crippen molar-refractivity contribution >= 4 is 6.03 Å². The van der Waals surface area contributed by atoms with Crippen LogP contribution >= 0.6 is 0 Å². The van der Waals surface area contributed by atoms with Crippen molar-refractivity contribution in [1.29, 1.82) is 0 Å². The second-order valence-electron chi connectivity index (χ2n) is 6.89. The molecule has 2 amide bonds. The average Bonchev–Trinajstić information content (AvgIpc) is 2.55. The number of piperidine rings is 1. The molecule has 0 spiro atoms. The first-order valence-electron chi connectivity index (χ1n) is 8.87. The fourth-order valence-corrected chi connectivity index (χ4v) is 3.16. The van der Waals surface area contributed by atoms with E-state index in [2.05, 4.69) is 17.1 Å². The third-order valence-corrected chi connectivity index (χ3v) is 4.91. The number of likely N-dealkylation sites (tertiary alicyclic amines) is 1. The number of urea groups is 1. The number of carbonyl (C=O) groups is 1. The molecule has 0 bridgehead atoms. The van der Waals surface area contributed by atoms with Gasteiger partial charge >= 0.3 is 12.2 Å². The Morgan fingerprint density at radius 1 is 1.25 bits per heavy atom. The highest BCUT2D eigenvalue weighted by atomic mass is 19.4. The molecule has 1 N–H and O–H groups in total. The molecule has 0 unspecified atom stereocenters. The van der Waals surface area contributed by atoms with Gasteiger partial charge in [0.1, 0.15) is 0 Å². The molecule has 2 heterocycles. The lowest BCUT2D eigenvalue weighted by Crippen LogP contribution is -2.43. The number of rotatable bonds is 5. The third kappa shape index (κ3) is 6.00. The quantitative estimate of drug-likeness (QED) is 0.611. The number of unbranched alkanes of at least 4 members (excludes halogenated alkanes) is 1. The van der Waals surface area contributed by atoms with Gasteiger partial charge in [0.05, 0.1) is 0 Å². The predicted molar refractivity (Wildman–Crippen MR) is 87.8 cm³/mol. The van der Waals surface area contributed by atoms with E-state index in [1.54, 1.807) is 0 Å². The van der Waals surface area contributed by atoms with Crippen LogP contribution in [0.5, 0.6) is 0 Å². The fraction of sp³-hybridized carbons (Fsp3) is 0.824. The summed E-state index contributed by atoms with van der Waals surface area (Å²) >= 11 is 0. The van der Waals surface area contributed by atoms with Crippen LogP contribution in [0.15, 0.2) is 11.6 Å². The summed E-state index contributed by atoms with van der Waals surface area (Å²) in [5, 5.41) is 2.81. The lowest BCUT2D eigenvalue weighted by Gasteiger charge is -2.30. The lowest BCUT2D eigenvalue weighted by molar-refractivity contribution is -0.0956. The Hall–Kier alpha value is -1.24. The van der Waals surface area contributed by atoms with Crippen molar-refractivity contribution in [1.82, 2.24) is 15.1 Å². The minimum atomic E-state index is -4.27. The van der Waals surface area contributed by atoms with Crippen molar-refractivity contribution in [2.45, 2.75) is 45.2 Å². The maximum atomic E-state index is 12.5. The highest BCUT2D eigenvalue weighted by Crippen LogP contribution is 2.30. The molecule has 138 valence electrons. The molecule has 1 fully saturated rings. The fourth-order valence-electron chi connectivity index (χ4n) is 3.16. The molecule has 7 heteroatoms. The number of halogens is 3. The Balaban J connectivity index is 1.56. The molecule has 0 atom stereocenters. The molecular weight excluding hydrogens is 319 g/mol. The van der Waals surface area contributed by atoms with E-state index in [9.17, 15) is 18.0 Å². The van der Waals surface area contributed by atoms with Gasteiger partial charge < -0.3 is 15.1 Å². The zero-order valence-corrected chi connectivity index (χ0v) is 14.4. The topological polar surface area (TPSA) is 35.6 Å². The van der Waals surface area contributed by atoms with Gasteiger partial charge in [0, 0.05) is 25.2 Å². The lowest BCUT2D eigenvalue weighted by atomic mass is 9.99. The highest BCUT2D eigenvalue weighted by molar-refractivity contribution is 5.74. The monoisotopic (exact) mass is 347 g/mol. The van der Waals surface area contributed by atoms with Crippen molar-refractivity contribution in [2.75, 3.05) is 39.3 Å². The van der Waals surface area contributed by atoms with Crippen LogP contribution in [0.4, 0.5) is 18.0 Å². The molecule has 0 aliphatic carbocycles. The van der Waals surface area contributed by atoms with Crippen molar-refractivity contribution < 1.29 is 18.0 Å². The van der Waals surface area contributed by atoms with Crippen LogP contribution in [-0.2, 0) is 0 Å². The van der Waals surface area contributed by atoms with Crippen molar-refractivity contribution in [3.05, 3.63) is 11.6 Å². The number of carbonyl (C=O) groups excluding carboxylic acids is 1. The number of nitrogens with one attached hydrogen (secondary N) is 1. The molecule has 0 radical (unpaired) electrons. The first kappa shape index (κ1) is 19.1. The van der Waals surface area contributed by atoms with Crippen molar-refractivity contribution in [3.8, 4) is 0 Å². The first-order valence-corrected chi connectivity index (χ1v) is 8.87. The summed E-state index contributed by atoms with van der Waals surface area (Å²) in [5.74, 6) is 0.831. The molecule has 2 rings (SSSR count). The second-order valence-corrected chi connectivity index (χ2v) is 6.89. The minimum absolute atomic E-state index is 0.0344. The molecule has 4 nitrogen and oxygen atoms in total. The Labute approximate surface area is 142 Å². The van der Waals surface area contributed by atoms with Crippen LogP contribution in [0.25, 0.3) is 0 Å². The van der Waals surface area contributed by atoms with Crippen LogP contribution in [-0.4, -0.2) is 61.3 Å². The predicted octanol–water partition coefficient (Wildman–Crippen LogP) is 3.40. The standard InChI is InChI=1S/C17H28F3N3O/c1-14-4-10-22(11-5-14)9-3-2-8-21-16(24)23-12-6-15(7-13-23)17(18,19)20/h6,14H,2-5,7-13H2,1H3,(H,21,24). The first-order chi connectivity index (χ1) is 11.4. The maximum absolute atomic E-state index is 12.5. The Morgan fingerprint density at radius 2 is 1.96 bits per heavy atom. The van der Waals surface area contributed by atoms with Crippen molar-refractivity contribution in [3.63, 3.8) is 0 Å². The number of hydrogen-bond donors (Lipinski definition) is 1. The molecule has 0 aromatic rings. The van der Waals surface area contributed by atoms with Gasteiger partial charge in [-0.05, 0) is 57.7 Å². The molecule has 0 saturated carbocycles. The maximum Gasteiger partial charge on any atom is 0.412 e. The van der Waals surface area contributed by atoms with Gasteiger partial charge in [-0.15, -0.1) is 0 Å². The molecule has 24 heavy (non-hydrogen) atoms. The van der Waals surface area contributed by atoms with Crippen LogP contribution in [0.2, 0.25) is 0 Å². The van der Waals surface area contributed by atoms with E-state index in [-0.39, 0.29) is 25.5 Å². The second kappa shape index (κ2) is 8.74. The van der Waals surface area contributed by atoms with E-state index in [1.165, 1.54) is 17.7 Å². The van der Waals surface area contributed by atoms with Gasteiger partial charge in [-0.3, -0.25) is 0 Å². The van der Waals surface area contributed by atoms with Gasteiger partial charge in [0.25, 0.3) is 0 Å². The van der Waals surface area contributed by atoms with Crippen LogP contribution < -0.4 is 5.32 Å². The smallest absolute Gasteiger partial charge is 0.338 e. The van der Waals surface area contributed by atoms with Gasteiger partial charge in [0.15, 0.2) is 0 Å². The Bertz CT molecular complexity index is 443. The largest absolute Gasteiger partial charge is 0.412 e. The van der Waals surface area contributed by atoms with Crippen LogP contribution in [0.3, 0.4) is 0 Å². The van der Waals surface area contributed by atoms with Crippen LogP contribution in [0, 0.1) is 5.92 Å². The Morgan fingerprint density at radius 3 is 2.54 bits per heavy atom. The molecular formula is C17H28F3N3O. The summed E-state index contributed by atoms with van der Waals surface area (Å²) in [6.45, 7) is 6.42. The molecule has 1 saturated heterocycles. The van der Waals surface area contributed by atoms with Crippen LogP contribution in [0.1, 0.15) is 39.0 Å². The van der Waals surface area contributed by atoms with E-state index >= 15 is 0 Å². The summed E-state index contributed by atoms with van der Waals surface area (Å²) in [5.41, 5.74) is -0.526. The van der Waals surface area contributed by atoms with E-state index in [4.69, 9.17) is 0 Å². The minimum Gasteiger partial charge on any atom is -0.338 e. The highest BCUT2D eigenvalue weighted by Gasteiger charge is 2.35. The van der Waals surface area contributed by atoms with E-state index in [0.717, 1.165) is 44.5 Å². The summed E-state index contributed by atoms with van der Waals surface area (Å²) in [7, 11) is 0. The van der Waals surface area contributed by atoms with E-state index < -0.39 is 11.7 Å². The van der Waals surface area contributed by atoms with Gasteiger partial charge in [0.2, 0.25) is 0 Å². The zero-order chi connectivity index (χ0) is 17.6. The molecule has 2 aliphatic rings. The Kier molecular flexibility index (Phi) is 6.95. The van der Waals surface area contributed by atoms with Gasteiger partial charge in [-0.25, -0.2) is 4.79 Å². The number of nitrogens with zero attached hydrogens (tertiary/aromatic N) is 2. The molecule has 0 aromatic heterocycles. The zero-order valence-electron chi connectivity index (χ0n) is 14.4. The van der Waals surface area contributed by atoms with Crippen molar-refractivity contribution in [2.24, 2.45) is 5.92 Å². The summed E-state index contributed by atoms with van der Waals surface area (Å²) in [4.78, 5) is 15.8. The van der Waals surface area contributed by atoms with Gasteiger partial charge in [-0.2, -0.15) is 13.2 Å². The normalized spacial score (nSPS) is 20.8. The summed E-state index contributed by atoms with van der Waals surface area (Å²) in [6.07, 6.45) is 1.18. The molecule has 2 aliphatic heterocycles. The van der Waals surface area contributed by atoms with Gasteiger partial charge in [-0.1, -0.05) is 13.0 Å².